The van der Waals surface area contributed by atoms with Crippen LogP contribution in [0.1, 0.15) is 38.1 Å². The molecule has 0 aliphatic rings. The lowest BCUT2D eigenvalue weighted by Gasteiger charge is -2.18. The molecule has 0 saturated heterocycles. The summed E-state index contributed by atoms with van der Waals surface area (Å²) < 4.78 is 2.17. The van der Waals surface area contributed by atoms with Gasteiger partial charge in [0.1, 0.15) is 5.82 Å². The molecule has 0 aliphatic carbocycles. The van der Waals surface area contributed by atoms with Crippen LogP contribution in [0.3, 0.4) is 0 Å². The summed E-state index contributed by atoms with van der Waals surface area (Å²) in [5.74, 6) is 1.41. The van der Waals surface area contributed by atoms with Crippen molar-refractivity contribution in [1.82, 2.24) is 30.3 Å². The van der Waals surface area contributed by atoms with E-state index in [0.29, 0.717) is 25.6 Å². The molecule has 0 radical (unpaired) electrons. The first-order valence-corrected chi connectivity index (χ1v) is 11.9. The summed E-state index contributed by atoms with van der Waals surface area (Å²) in [6, 6.07) is 9.60. The quantitative estimate of drug-likeness (QED) is 0.386. The number of nitrogens with zero attached hydrogens (tertiary/aromatic N) is 4. The minimum Gasteiger partial charge on any atom is -0.356 e. The van der Waals surface area contributed by atoms with Crippen LogP contribution in [-0.2, 0) is 24.3 Å². The van der Waals surface area contributed by atoms with Gasteiger partial charge in [-0.05, 0) is 24.2 Å². The highest BCUT2D eigenvalue weighted by Crippen LogP contribution is 2.16. The van der Waals surface area contributed by atoms with Crippen LogP contribution < -0.4 is 10.6 Å². The molecule has 3 amide bonds. The van der Waals surface area contributed by atoms with Crippen molar-refractivity contribution >= 4 is 23.7 Å². The molecule has 0 atom stereocenters. The monoisotopic (exact) mass is 446 g/mol. The highest BCUT2D eigenvalue weighted by molar-refractivity contribution is 7.98. The molecule has 0 saturated carbocycles. The number of nitrogens with one attached hydrogen (secondary N) is 2. The minimum atomic E-state index is -0.189. The Hall–Kier alpha value is -2.55. The number of hydrogen-bond donors (Lipinski definition) is 2. The molecule has 2 N–H and O–H groups in total. The Morgan fingerprint density at radius 2 is 1.87 bits per heavy atom. The Bertz CT molecular complexity index is 825. The summed E-state index contributed by atoms with van der Waals surface area (Å²) in [5.41, 5.74) is 1.06. The lowest BCUT2D eigenvalue weighted by atomic mass is 10.2. The molecule has 1 heterocycles. The molecule has 2 rings (SSSR count). The van der Waals surface area contributed by atoms with Crippen LogP contribution in [0.5, 0.6) is 0 Å². The number of amides is 3. The molecule has 9 heteroatoms. The van der Waals surface area contributed by atoms with Crippen LogP contribution in [-0.4, -0.2) is 58.0 Å². The molecule has 170 valence electrons. The summed E-state index contributed by atoms with van der Waals surface area (Å²) in [4.78, 5) is 25.8. The number of aryl methyl sites for hydroxylation is 1. The van der Waals surface area contributed by atoms with E-state index in [1.165, 1.54) is 0 Å². The fourth-order valence-electron chi connectivity index (χ4n) is 3.11. The van der Waals surface area contributed by atoms with E-state index in [9.17, 15) is 9.59 Å². The molecule has 31 heavy (non-hydrogen) atoms. The maximum absolute atomic E-state index is 12.1. The number of hydrogen-bond acceptors (Lipinski definition) is 5. The normalized spacial score (nSPS) is 10.9. The lowest BCUT2D eigenvalue weighted by Crippen LogP contribution is -2.38. The summed E-state index contributed by atoms with van der Waals surface area (Å²) >= 11 is 1.60. The Kier molecular flexibility index (Phi) is 10.4. The third-order valence-electron chi connectivity index (χ3n) is 4.66. The molecule has 8 nitrogen and oxygen atoms in total. The molecule has 0 fully saturated rings. The van der Waals surface area contributed by atoms with E-state index in [1.54, 1.807) is 23.7 Å². The van der Waals surface area contributed by atoms with Crippen LogP contribution in [0.25, 0.3) is 0 Å². The lowest BCUT2D eigenvalue weighted by molar-refractivity contribution is -0.120. The van der Waals surface area contributed by atoms with Gasteiger partial charge < -0.3 is 20.1 Å². The van der Waals surface area contributed by atoms with E-state index in [4.69, 9.17) is 0 Å². The smallest absolute Gasteiger partial charge is 0.317 e. The van der Waals surface area contributed by atoms with Crippen molar-refractivity contribution in [3.05, 3.63) is 41.7 Å². The molecule has 0 bridgehead atoms. The van der Waals surface area contributed by atoms with Gasteiger partial charge in [-0.3, -0.25) is 4.79 Å². The molecule has 0 spiro atoms. The van der Waals surface area contributed by atoms with Crippen LogP contribution in [0.15, 0.2) is 35.5 Å². The minimum absolute atomic E-state index is 0.0699. The zero-order valence-electron chi connectivity index (χ0n) is 18.9. The largest absolute Gasteiger partial charge is 0.356 e. The number of carbonyl (C=O) groups is 2. The molecular weight excluding hydrogens is 412 g/mol. The van der Waals surface area contributed by atoms with E-state index in [2.05, 4.69) is 39.2 Å². The van der Waals surface area contributed by atoms with Crippen molar-refractivity contribution in [2.75, 3.05) is 26.4 Å². The second-order valence-corrected chi connectivity index (χ2v) is 8.66. The third kappa shape index (κ3) is 8.61. The fraction of sp³-hybridized carbons (Fsp3) is 0.545. The van der Waals surface area contributed by atoms with E-state index in [1.807, 2.05) is 36.6 Å². The van der Waals surface area contributed by atoms with Gasteiger partial charge in [-0.15, -0.1) is 10.2 Å². The molecule has 1 aromatic heterocycles. The predicted octanol–water partition coefficient (Wildman–Crippen LogP) is 2.94. The van der Waals surface area contributed by atoms with Crippen molar-refractivity contribution < 1.29 is 9.59 Å². The van der Waals surface area contributed by atoms with E-state index >= 15 is 0 Å². The maximum atomic E-state index is 12.1. The first-order chi connectivity index (χ1) is 14.9. The highest BCUT2D eigenvalue weighted by Gasteiger charge is 2.13. The van der Waals surface area contributed by atoms with Crippen molar-refractivity contribution in [3.63, 3.8) is 0 Å². The molecule has 0 unspecified atom stereocenters. The first-order valence-electron chi connectivity index (χ1n) is 10.7. The topological polar surface area (TPSA) is 92.1 Å². The van der Waals surface area contributed by atoms with Crippen LogP contribution in [0.4, 0.5) is 4.79 Å². The summed E-state index contributed by atoms with van der Waals surface area (Å²) in [6.07, 6.45) is 3.82. The standard InChI is InChI=1S/C22H34N6O2S/c1-17(2)15-28-19(25-26-22(28)31-4)11-8-13-23-20(29)12-14-24-21(30)27(3)16-18-9-6-5-7-10-18/h5-7,9-10,17H,8,11-16H2,1-4H3,(H,23,29)(H,24,30). The van der Waals surface area contributed by atoms with Crippen LogP contribution >= 0.6 is 11.8 Å². The van der Waals surface area contributed by atoms with Crippen molar-refractivity contribution in [2.24, 2.45) is 5.92 Å². The number of aromatic nitrogens is 3. The molecule has 2 aromatic rings. The van der Waals surface area contributed by atoms with Gasteiger partial charge in [0.2, 0.25) is 5.91 Å². The average molecular weight is 447 g/mol. The molecule has 1 aromatic carbocycles. The number of carbonyl (C=O) groups excluding carboxylic acids is 2. The van der Waals surface area contributed by atoms with E-state index in [-0.39, 0.29) is 18.4 Å². The zero-order valence-corrected chi connectivity index (χ0v) is 19.7. The summed E-state index contributed by atoms with van der Waals surface area (Å²) in [6.45, 7) is 6.65. The van der Waals surface area contributed by atoms with Crippen LogP contribution in [0, 0.1) is 5.92 Å². The highest BCUT2D eigenvalue weighted by atomic mass is 32.2. The zero-order chi connectivity index (χ0) is 22.6. The second kappa shape index (κ2) is 13.0. The Morgan fingerprint density at radius 1 is 1.13 bits per heavy atom. The molecular formula is C22H34N6O2S. The Balaban J connectivity index is 1.63. The first kappa shape index (κ1) is 24.7. The SMILES string of the molecule is CSc1nnc(CCCNC(=O)CCNC(=O)N(C)Cc2ccccc2)n1CC(C)C. The van der Waals surface area contributed by atoms with Gasteiger partial charge in [-0.2, -0.15) is 0 Å². The van der Waals surface area contributed by atoms with Crippen molar-refractivity contribution in [2.45, 2.75) is 51.4 Å². The maximum Gasteiger partial charge on any atom is 0.317 e. The fourth-order valence-corrected chi connectivity index (χ4v) is 3.64. The second-order valence-electron chi connectivity index (χ2n) is 7.88. The van der Waals surface area contributed by atoms with E-state index < -0.39 is 0 Å². The van der Waals surface area contributed by atoms with Gasteiger partial charge in [0.25, 0.3) is 0 Å². The summed E-state index contributed by atoms with van der Waals surface area (Å²) in [5, 5.41) is 15.2. The van der Waals surface area contributed by atoms with Gasteiger partial charge >= 0.3 is 6.03 Å². The van der Waals surface area contributed by atoms with Crippen LogP contribution in [0.2, 0.25) is 0 Å². The third-order valence-corrected chi connectivity index (χ3v) is 5.33. The average Bonchev–Trinajstić information content (AvgIpc) is 3.12. The Morgan fingerprint density at radius 3 is 2.55 bits per heavy atom. The van der Waals surface area contributed by atoms with Gasteiger partial charge in [0.15, 0.2) is 5.16 Å². The summed E-state index contributed by atoms with van der Waals surface area (Å²) in [7, 11) is 1.74. The predicted molar refractivity (Wildman–Crippen MR) is 124 cm³/mol. The number of thioether (sulfide) groups is 1. The Labute approximate surface area is 189 Å². The molecule has 0 aliphatic heterocycles. The van der Waals surface area contributed by atoms with Gasteiger partial charge in [0.05, 0.1) is 0 Å². The van der Waals surface area contributed by atoms with Crippen molar-refractivity contribution in [1.29, 1.82) is 0 Å². The van der Waals surface area contributed by atoms with Gasteiger partial charge in [-0.25, -0.2) is 4.79 Å². The van der Waals surface area contributed by atoms with Gasteiger partial charge in [-0.1, -0.05) is 55.9 Å². The number of rotatable bonds is 12. The van der Waals surface area contributed by atoms with Gasteiger partial charge in [0, 0.05) is 46.1 Å². The number of urea groups is 1. The van der Waals surface area contributed by atoms with Crippen molar-refractivity contribution in [3.8, 4) is 0 Å². The van der Waals surface area contributed by atoms with E-state index in [0.717, 1.165) is 35.9 Å². The number of benzene rings is 1.